The van der Waals surface area contributed by atoms with E-state index < -0.39 is 10.0 Å². The first-order chi connectivity index (χ1) is 9.88. The maximum absolute atomic E-state index is 12.7. The molecule has 1 aromatic rings. The lowest BCUT2D eigenvalue weighted by Gasteiger charge is -2.25. The highest BCUT2D eigenvalue weighted by atomic mass is 32.2. The zero-order valence-corrected chi connectivity index (χ0v) is 14.3. The number of rotatable bonds is 8. The predicted molar refractivity (Wildman–Crippen MR) is 85.1 cm³/mol. The van der Waals surface area contributed by atoms with Crippen molar-refractivity contribution in [2.24, 2.45) is 0 Å². The van der Waals surface area contributed by atoms with E-state index in [1.54, 1.807) is 12.1 Å². The van der Waals surface area contributed by atoms with Gasteiger partial charge in [0.2, 0.25) is 10.0 Å². The normalized spacial score (nSPS) is 12.1. The van der Waals surface area contributed by atoms with Crippen LogP contribution in [0.15, 0.2) is 23.1 Å². The SMILES string of the molecule is CCNCc1ccc(S(=O)(=O)N(CC)C(C)C)c(OC)c1. The number of sulfonamides is 1. The van der Waals surface area contributed by atoms with E-state index in [1.807, 2.05) is 33.8 Å². The molecule has 120 valence electrons. The third-order valence-corrected chi connectivity index (χ3v) is 5.47. The van der Waals surface area contributed by atoms with Crippen molar-refractivity contribution in [3.63, 3.8) is 0 Å². The third-order valence-electron chi connectivity index (χ3n) is 3.28. The summed E-state index contributed by atoms with van der Waals surface area (Å²) in [5.41, 5.74) is 1.00. The Bertz CT molecular complexity index is 556. The van der Waals surface area contributed by atoms with E-state index in [2.05, 4.69) is 5.32 Å². The van der Waals surface area contributed by atoms with Crippen LogP contribution in [0.2, 0.25) is 0 Å². The average molecular weight is 314 g/mol. The lowest BCUT2D eigenvalue weighted by Crippen LogP contribution is -2.36. The minimum atomic E-state index is -3.54. The average Bonchev–Trinajstić information content (AvgIpc) is 2.44. The molecule has 0 amide bonds. The van der Waals surface area contributed by atoms with Gasteiger partial charge >= 0.3 is 0 Å². The van der Waals surface area contributed by atoms with Crippen molar-refractivity contribution in [3.05, 3.63) is 23.8 Å². The van der Waals surface area contributed by atoms with Gasteiger partial charge in [-0.3, -0.25) is 0 Å². The number of nitrogens with zero attached hydrogens (tertiary/aromatic N) is 1. The Morgan fingerprint density at radius 1 is 1.29 bits per heavy atom. The molecule has 0 saturated carbocycles. The quantitative estimate of drug-likeness (QED) is 0.799. The Hall–Kier alpha value is -1.11. The Morgan fingerprint density at radius 3 is 2.43 bits per heavy atom. The summed E-state index contributed by atoms with van der Waals surface area (Å²) in [5.74, 6) is 0.393. The maximum atomic E-state index is 12.7. The number of hydrogen-bond donors (Lipinski definition) is 1. The Balaban J connectivity index is 3.23. The largest absolute Gasteiger partial charge is 0.495 e. The number of hydrogen-bond acceptors (Lipinski definition) is 4. The van der Waals surface area contributed by atoms with Crippen LogP contribution in [-0.2, 0) is 16.6 Å². The molecule has 0 radical (unpaired) electrons. The fourth-order valence-corrected chi connectivity index (χ4v) is 4.03. The molecule has 0 bridgehead atoms. The molecule has 21 heavy (non-hydrogen) atoms. The fourth-order valence-electron chi connectivity index (χ4n) is 2.24. The number of benzene rings is 1. The number of ether oxygens (including phenoxy) is 1. The van der Waals surface area contributed by atoms with Crippen molar-refractivity contribution in [2.75, 3.05) is 20.2 Å². The highest BCUT2D eigenvalue weighted by Gasteiger charge is 2.28. The van der Waals surface area contributed by atoms with Crippen LogP contribution in [0.4, 0.5) is 0 Å². The zero-order valence-electron chi connectivity index (χ0n) is 13.5. The Labute approximate surface area is 128 Å². The van der Waals surface area contributed by atoms with Gasteiger partial charge in [-0.05, 0) is 38.1 Å². The summed E-state index contributed by atoms with van der Waals surface area (Å²) in [6.07, 6.45) is 0. The van der Waals surface area contributed by atoms with E-state index in [-0.39, 0.29) is 10.9 Å². The van der Waals surface area contributed by atoms with E-state index in [9.17, 15) is 8.42 Å². The predicted octanol–water partition coefficient (Wildman–Crippen LogP) is 2.22. The molecule has 0 heterocycles. The summed E-state index contributed by atoms with van der Waals surface area (Å²) in [7, 11) is -2.05. The second-order valence-corrected chi connectivity index (χ2v) is 6.93. The lowest BCUT2D eigenvalue weighted by atomic mass is 10.2. The van der Waals surface area contributed by atoms with E-state index in [4.69, 9.17) is 4.74 Å². The Kier molecular flexibility index (Phi) is 6.64. The van der Waals surface area contributed by atoms with Gasteiger partial charge in [0.1, 0.15) is 10.6 Å². The van der Waals surface area contributed by atoms with Crippen molar-refractivity contribution in [3.8, 4) is 5.75 Å². The summed E-state index contributed by atoms with van der Waals surface area (Å²) < 4.78 is 32.2. The van der Waals surface area contributed by atoms with Crippen molar-refractivity contribution in [2.45, 2.75) is 45.2 Å². The molecule has 0 atom stereocenters. The zero-order chi connectivity index (χ0) is 16.0. The molecule has 0 aliphatic carbocycles. The van der Waals surface area contributed by atoms with Crippen LogP contribution in [-0.4, -0.2) is 39.0 Å². The first-order valence-corrected chi connectivity index (χ1v) is 8.71. The molecule has 0 aromatic heterocycles. The second kappa shape index (κ2) is 7.77. The smallest absolute Gasteiger partial charge is 0.246 e. The van der Waals surface area contributed by atoms with Gasteiger partial charge in [-0.2, -0.15) is 4.31 Å². The van der Waals surface area contributed by atoms with Crippen LogP contribution < -0.4 is 10.1 Å². The van der Waals surface area contributed by atoms with Gasteiger partial charge in [0.25, 0.3) is 0 Å². The standard InChI is InChI=1S/C15H26N2O3S/c1-6-16-11-13-8-9-15(14(10-13)20-5)21(18,19)17(7-2)12(3)4/h8-10,12,16H,6-7,11H2,1-5H3. The first kappa shape index (κ1) is 17.9. The molecule has 0 aliphatic rings. The van der Waals surface area contributed by atoms with E-state index in [0.717, 1.165) is 12.1 Å². The van der Waals surface area contributed by atoms with Crippen molar-refractivity contribution >= 4 is 10.0 Å². The molecule has 1 rings (SSSR count). The lowest BCUT2D eigenvalue weighted by molar-refractivity contribution is 0.361. The summed E-state index contributed by atoms with van der Waals surface area (Å²) >= 11 is 0. The van der Waals surface area contributed by atoms with Gasteiger partial charge < -0.3 is 10.1 Å². The van der Waals surface area contributed by atoms with Crippen LogP contribution in [0, 0.1) is 0 Å². The summed E-state index contributed by atoms with van der Waals surface area (Å²) in [4.78, 5) is 0.223. The minimum absolute atomic E-state index is 0.0915. The molecule has 6 heteroatoms. The van der Waals surface area contributed by atoms with Gasteiger partial charge in [0.05, 0.1) is 7.11 Å². The van der Waals surface area contributed by atoms with Crippen molar-refractivity contribution < 1.29 is 13.2 Å². The summed E-state index contributed by atoms with van der Waals surface area (Å²) in [6, 6.07) is 5.15. The molecule has 0 saturated heterocycles. The first-order valence-electron chi connectivity index (χ1n) is 7.27. The fraction of sp³-hybridized carbons (Fsp3) is 0.600. The van der Waals surface area contributed by atoms with E-state index in [0.29, 0.717) is 18.8 Å². The van der Waals surface area contributed by atoms with Gasteiger partial charge in [-0.1, -0.05) is 19.9 Å². The number of nitrogens with one attached hydrogen (secondary N) is 1. The molecule has 1 N–H and O–H groups in total. The van der Waals surface area contributed by atoms with Crippen LogP contribution in [0.5, 0.6) is 5.75 Å². The topological polar surface area (TPSA) is 58.6 Å². The van der Waals surface area contributed by atoms with E-state index in [1.165, 1.54) is 11.4 Å². The van der Waals surface area contributed by atoms with Crippen LogP contribution in [0.1, 0.15) is 33.3 Å². The van der Waals surface area contributed by atoms with Gasteiger partial charge in [-0.25, -0.2) is 8.42 Å². The van der Waals surface area contributed by atoms with Crippen LogP contribution in [0.25, 0.3) is 0 Å². The molecule has 5 nitrogen and oxygen atoms in total. The summed E-state index contributed by atoms with van der Waals surface area (Å²) in [5, 5.41) is 3.21. The molecule has 0 unspecified atom stereocenters. The molecule has 0 aliphatic heterocycles. The summed E-state index contributed by atoms with van der Waals surface area (Å²) in [6.45, 7) is 9.58. The third kappa shape index (κ3) is 4.18. The van der Waals surface area contributed by atoms with Gasteiger partial charge in [0.15, 0.2) is 0 Å². The van der Waals surface area contributed by atoms with Gasteiger partial charge in [-0.15, -0.1) is 0 Å². The molecular formula is C15H26N2O3S. The molecule has 0 fully saturated rings. The minimum Gasteiger partial charge on any atom is -0.495 e. The monoisotopic (exact) mass is 314 g/mol. The van der Waals surface area contributed by atoms with Crippen molar-refractivity contribution in [1.29, 1.82) is 0 Å². The van der Waals surface area contributed by atoms with E-state index >= 15 is 0 Å². The number of methoxy groups -OCH3 is 1. The second-order valence-electron chi connectivity index (χ2n) is 5.07. The van der Waals surface area contributed by atoms with Gasteiger partial charge in [0, 0.05) is 19.1 Å². The van der Waals surface area contributed by atoms with Crippen LogP contribution in [0.3, 0.4) is 0 Å². The van der Waals surface area contributed by atoms with Crippen molar-refractivity contribution in [1.82, 2.24) is 9.62 Å². The highest BCUT2D eigenvalue weighted by molar-refractivity contribution is 7.89. The maximum Gasteiger partial charge on any atom is 0.246 e. The Morgan fingerprint density at radius 2 is 1.95 bits per heavy atom. The molecule has 0 spiro atoms. The molecular weight excluding hydrogens is 288 g/mol. The van der Waals surface area contributed by atoms with Crippen LogP contribution >= 0.6 is 0 Å². The highest BCUT2D eigenvalue weighted by Crippen LogP contribution is 2.28. The molecule has 1 aromatic carbocycles.